The SMILES string of the molecule is COc1cc(C)c(C(=O)N2CCSCC2CC(=O)O)cc1OC. The Kier molecular flexibility index (Phi) is 5.76. The van der Waals surface area contributed by atoms with Crippen molar-refractivity contribution in [1.29, 1.82) is 0 Å². The van der Waals surface area contributed by atoms with E-state index < -0.39 is 5.97 Å². The lowest BCUT2D eigenvalue weighted by Crippen LogP contribution is -2.47. The molecule has 1 N–H and O–H groups in total. The first-order valence-corrected chi connectivity index (χ1v) is 8.46. The summed E-state index contributed by atoms with van der Waals surface area (Å²) in [6.45, 7) is 2.38. The van der Waals surface area contributed by atoms with Crippen LogP contribution in [-0.2, 0) is 4.79 Å². The van der Waals surface area contributed by atoms with Crippen LogP contribution in [0.3, 0.4) is 0 Å². The second kappa shape index (κ2) is 7.59. The van der Waals surface area contributed by atoms with E-state index in [2.05, 4.69) is 0 Å². The second-order valence-corrected chi connectivity index (χ2v) is 6.50. The third-order valence-electron chi connectivity index (χ3n) is 3.86. The molecule has 0 spiro atoms. The van der Waals surface area contributed by atoms with Crippen molar-refractivity contribution >= 4 is 23.6 Å². The van der Waals surface area contributed by atoms with Gasteiger partial charge in [0, 0.05) is 23.6 Å². The number of nitrogens with zero attached hydrogens (tertiary/aromatic N) is 1. The third-order valence-corrected chi connectivity index (χ3v) is 4.95. The van der Waals surface area contributed by atoms with E-state index >= 15 is 0 Å². The summed E-state index contributed by atoms with van der Waals surface area (Å²) in [6.07, 6.45) is -0.0366. The normalized spacial score (nSPS) is 17.7. The fourth-order valence-electron chi connectivity index (χ4n) is 2.66. The van der Waals surface area contributed by atoms with Crippen LogP contribution < -0.4 is 9.47 Å². The van der Waals surface area contributed by atoms with Crippen molar-refractivity contribution in [1.82, 2.24) is 4.90 Å². The number of methoxy groups -OCH3 is 2. The van der Waals surface area contributed by atoms with E-state index in [1.54, 1.807) is 35.9 Å². The number of rotatable bonds is 5. The molecule has 1 aliphatic rings. The second-order valence-electron chi connectivity index (χ2n) is 5.35. The molecule has 6 nitrogen and oxygen atoms in total. The lowest BCUT2D eigenvalue weighted by atomic mass is 10.0. The largest absolute Gasteiger partial charge is 0.493 e. The Hall–Kier alpha value is -1.89. The Bertz CT molecular complexity index is 604. The maximum Gasteiger partial charge on any atom is 0.305 e. The fraction of sp³-hybridized carbons (Fsp3) is 0.500. The van der Waals surface area contributed by atoms with Crippen LogP contribution in [0.4, 0.5) is 0 Å². The predicted molar refractivity (Wildman–Crippen MR) is 88.7 cm³/mol. The summed E-state index contributed by atoms with van der Waals surface area (Å²) >= 11 is 1.68. The number of carbonyl (C=O) groups excluding carboxylic acids is 1. The highest BCUT2D eigenvalue weighted by molar-refractivity contribution is 7.99. The molecule has 1 aromatic carbocycles. The highest BCUT2D eigenvalue weighted by Gasteiger charge is 2.30. The number of thioether (sulfide) groups is 1. The predicted octanol–water partition coefficient (Wildman–Crippen LogP) is 2.04. The van der Waals surface area contributed by atoms with Crippen molar-refractivity contribution in [3.63, 3.8) is 0 Å². The Morgan fingerprint density at radius 2 is 1.96 bits per heavy atom. The van der Waals surface area contributed by atoms with Crippen LogP contribution in [-0.4, -0.2) is 60.2 Å². The minimum Gasteiger partial charge on any atom is -0.493 e. The lowest BCUT2D eigenvalue weighted by Gasteiger charge is -2.35. The maximum atomic E-state index is 12.9. The number of amides is 1. The van der Waals surface area contributed by atoms with Gasteiger partial charge < -0.3 is 19.5 Å². The van der Waals surface area contributed by atoms with E-state index in [0.29, 0.717) is 29.4 Å². The molecule has 1 unspecified atom stereocenters. The van der Waals surface area contributed by atoms with Gasteiger partial charge in [0.05, 0.1) is 26.7 Å². The van der Waals surface area contributed by atoms with Crippen molar-refractivity contribution < 1.29 is 24.2 Å². The quantitative estimate of drug-likeness (QED) is 0.885. The van der Waals surface area contributed by atoms with Crippen LogP contribution in [0.2, 0.25) is 0 Å². The average molecular weight is 339 g/mol. The van der Waals surface area contributed by atoms with Crippen LogP contribution in [0.5, 0.6) is 11.5 Å². The first kappa shape index (κ1) is 17.5. The number of aryl methyl sites for hydroxylation is 1. The van der Waals surface area contributed by atoms with Crippen LogP contribution in [0.1, 0.15) is 22.3 Å². The number of aliphatic carboxylic acids is 1. The summed E-state index contributed by atoms with van der Waals surface area (Å²) in [5, 5.41) is 9.06. The van der Waals surface area contributed by atoms with Gasteiger partial charge >= 0.3 is 5.97 Å². The minimum atomic E-state index is -0.890. The van der Waals surface area contributed by atoms with Crippen LogP contribution >= 0.6 is 11.8 Å². The van der Waals surface area contributed by atoms with Gasteiger partial charge in [0.15, 0.2) is 11.5 Å². The van der Waals surface area contributed by atoms with Gasteiger partial charge in [0.2, 0.25) is 0 Å². The molecule has 126 valence electrons. The zero-order chi connectivity index (χ0) is 17.0. The molecule has 1 fully saturated rings. The summed E-state index contributed by atoms with van der Waals surface area (Å²) in [5.41, 5.74) is 1.30. The molecule has 0 saturated carbocycles. The molecule has 1 atom stereocenters. The number of benzene rings is 1. The number of carboxylic acid groups (broad SMARTS) is 1. The average Bonchev–Trinajstić information content (AvgIpc) is 2.53. The van der Waals surface area contributed by atoms with Gasteiger partial charge in [-0.2, -0.15) is 11.8 Å². The highest BCUT2D eigenvalue weighted by atomic mass is 32.2. The number of hydrogen-bond acceptors (Lipinski definition) is 5. The monoisotopic (exact) mass is 339 g/mol. The van der Waals surface area contributed by atoms with Crippen LogP contribution in [0.15, 0.2) is 12.1 Å². The Morgan fingerprint density at radius 3 is 2.57 bits per heavy atom. The van der Waals surface area contributed by atoms with E-state index in [1.165, 1.54) is 7.11 Å². The molecule has 0 aliphatic carbocycles. The van der Waals surface area contributed by atoms with E-state index in [1.807, 2.05) is 6.92 Å². The van der Waals surface area contributed by atoms with Gasteiger partial charge in [-0.3, -0.25) is 9.59 Å². The maximum absolute atomic E-state index is 12.9. The highest BCUT2D eigenvalue weighted by Crippen LogP contribution is 2.32. The number of carbonyl (C=O) groups is 2. The molecule has 1 amide bonds. The number of ether oxygens (including phenoxy) is 2. The fourth-order valence-corrected chi connectivity index (χ4v) is 3.72. The summed E-state index contributed by atoms with van der Waals surface area (Å²) in [6, 6.07) is 3.14. The number of carboxylic acids is 1. The van der Waals surface area contributed by atoms with E-state index in [0.717, 1.165) is 11.3 Å². The molecule has 2 rings (SSSR count). The standard InChI is InChI=1S/C16H21NO5S/c1-10-6-13(21-2)14(22-3)8-12(10)16(20)17-4-5-23-9-11(17)7-15(18)19/h6,8,11H,4-5,7,9H2,1-3H3,(H,18,19). The summed E-state index contributed by atoms with van der Waals surface area (Å²) in [4.78, 5) is 25.6. The zero-order valence-corrected chi connectivity index (χ0v) is 14.3. The van der Waals surface area contributed by atoms with Crippen LogP contribution in [0, 0.1) is 6.92 Å². The van der Waals surface area contributed by atoms with Gasteiger partial charge in [-0.15, -0.1) is 0 Å². The van der Waals surface area contributed by atoms with Crippen molar-refractivity contribution in [3.05, 3.63) is 23.3 Å². The molecular formula is C16H21NO5S. The summed E-state index contributed by atoms with van der Waals surface area (Å²) in [7, 11) is 3.07. The first-order chi connectivity index (χ1) is 11.0. The van der Waals surface area contributed by atoms with E-state index in [-0.39, 0.29) is 18.4 Å². The molecular weight excluding hydrogens is 318 g/mol. The van der Waals surface area contributed by atoms with Gasteiger partial charge in [-0.05, 0) is 24.6 Å². The van der Waals surface area contributed by atoms with E-state index in [9.17, 15) is 9.59 Å². The van der Waals surface area contributed by atoms with Gasteiger partial charge in [-0.1, -0.05) is 0 Å². The summed E-state index contributed by atoms with van der Waals surface area (Å²) in [5.74, 6) is 1.47. The van der Waals surface area contributed by atoms with Crippen molar-refractivity contribution in [2.24, 2.45) is 0 Å². The molecule has 7 heteroatoms. The molecule has 0 aromatic heterocycles. The zero-order valence-electron chi connectivity index (χ0n) is 13.5. The van der Waals surface area contributed by atoms with Gasteiger partial charge in [-0.25, -0.2) is 0 Å². The first-order valence-electron chi connectivity index (χ1n) is 7.31. The van der Waals surface area contributed by atoms with Crippen molar-refractivity contribution in [3.8, 4) is 11.5 Å². The minimum absolute atomic E-state index is 0.0366. The van der Waals surface area contributed by atoms with Gasteiger partial charge in [0.25, 0.3) is 5.91 Å². The van der Waals surface area contributed by atoms with Gasteiger partial charge in [0.1, 0.15) is 0 Å². The number of hydrogen-bond donors (Lipinski definition) is 1. The molecule has 23 heavy (non-hydrogen) atoms. The molecule has 1 heterocycles. The Balaban J connectivity index is 2.32. The Labute approximate surface area is 139 Å². The van der Waals surface area contributed by atoms with Crippen molar-refractivity contribution in [2.45, 2.75) is 19.4 Å². The molecule has 1 aliphatic heterocycles. The molecule has 0 radical (unpaired) electrons. The molecule has 1 aromatic rings. The third kappa shape index (κ3) is 3.90. The molecule has 0 bridgehead atoms. The van der Waals surface area contributed by atoms with Crippen molar-refractivity contribution in [2.75, 3.05) is 32.3 Å². The van der Waals surface area contributed by atoms with Crippen LogP contribution in [0.25, 0.3) is 0 Å². The molecule has 1 saturated heterocycles. The topological polar surface area (TPSA) is 76.1 Å². The lowest BCUT2D eigenvalue weighted by molar-refractivity contribution is -0.138. The smallest absolute Gasteiger partial charge is 0.305 e. The summed E-state index contributed by atoms with van der Waals surface area (Å²) < 4.78 is 10.5. The Morgan fingerprint density at radius 1 is 1.30 bits per heavy atom. The van der Waals surface area contributed by atoms with E-state index in [4.69, 9.17) is 14.6 Å².